The molecule has 0 bridgehead atoms. The molecule has 2 heterocycles. The lowest BCUT2D eigenvalue weighted by atomic mass is 10.1. The van der Waals surface area contributed by atoms with E-state index in [0.717, 1.165) is 26.2 Å². The molecule has 0 aliphatic carbocycles. The lowest BCUT2D eigenvalue weighted by Crippen LogP contribution is -2.52. The van der Waals surface area contributed by atoms with Crippen LogP contribution in [0.5, 0.6) is 0 Å². The lowest BCUT2D eigenvalue weighted by molar-refractivity contribution is 0.0693. The van der Waals surface area contributed by atoms with Crippen LogP contribution in [0.15, 0.2) is 17.5 Å². The molecule has 1 aromatic heterocycles. The van der Waals surface area contributed by atoms with Crippen molar-refractivity contribution in [1.82, 2.24) is 9.80 Å². The monoisotopic (exact) mass is 249 g/mol. The summed E-state index contributed by atoms with van der Waals surface area (Å²) in [6.45, 7) is 8.66. The number of rotatable bonds is 3. The minimum absolute atomic E-state index is 0.0657. The van der Waals surface area contributed by atoms with Gasteiger partial charge in [-0.05, 0) is 24.9 Å². The van der Waals surface area contributed by atoms with E-state index in [1.165, 1.54) is 4.88 Å². The summed E-state index contributed by atoms with van der Waals surface area (Å²) in [6, 6.07) is 6.94. The Hall–Kier alpha value is -0.890. The van der Waals surface area contributed by atoms with Gasteiger partial charge in [-0.25, -0.2) is 0 Å². The highest BCUT2D eigenvalue weighted by atomic mass is 32.1. The molecule has 2 rings (SSSR count). The van der Waals surface area contributed by atoms with Crippen LogP contribution in [-0.4, -0.2) is 42.0 Å². The highest BCUT2D eigenvalue weighted by Crippen LogP contribution is 2.27. The number of thiophene rings is 1. The molecule has 2 atom stereocenters. The number of hydrogen-bond donors (Lipinski definition) is 0. The first-order chi connectivity index (χ1) is 8.26. The van der Waals surface area contributed by atoms with Gasteiger partial charge in [-0.1, -0.05) is 13.0 Å². The van der Waals surface area contributed by atoms with E-state index in [4.69, 9.17) is 0 Å². The molecule has 0 amide bonds. The molecule has 3 nitrogen and oxygen atoms in total. The molecule has 0 radical (unpaired) electrons. The van der Waals surface area contributed by atoms with Crippen LogP contribution in [0, 0.1) is 11.3 Å². The second-order valence-electron chi connectivity index (χ2n) is 4.53. The Balaban J connectivity index is 2.09. The summed E-state index contributed by atoms with van der Waals surface area (Å²) in [5, 5.41) is 11.4. The van der Waals surface area contributed by atoms with Gasteiger partial charge in [-0.2, -0.15) is 5.26 Å². The van der Waals surface area contributed by atoms with Gasteiger partial charge in [0, 0.05) is 30.6 Å². The fourth-order valence-electron chi connectivity index (χ4n) is 2.47. The molecule has 0 spiro atoms. The van der Waals surface area contributed by atoms with Crippen LogP contribution in [0.2, 0.25) is 0 Å². The zero-order chi connectivity index (χ0) is 12.3. The van der Waals surface area contributed by atoms with E-state index >= 15 is 0 Å². The van der Waals surface area contributed by atoms with E-state index < -0.39 is 0 Å². The molecule has 1 saturated heterocycles. The summed E-state index contributed by atoms with van der Waals surface area (Å²) in [5.41, 5.74) is 0. The van der Waals surface area contributed by atoms with Crippen LogP contribution < -0.4 is 0 Å². The van der Waals surface area contributed by atoms with E-state index in [-0.39, 0.29) is 6.04 Å². The molecule has 2 unspecified atom stereocenters. The number of nitriles is 1. The van der Waals surface area contributed by atoms with Gasteiger partial charge in [-0.3, -0.25) is 4.90 Å². The fraction of sp³-hybridized carbons (Fsp3) is 0.615. The van der Waals surface area contributed by atoms with Crippen LogP contribution >= 0.6 is 11.3 Å². The Morgan fingerprint density at radius 2 is 2.41 bits per heavy atom. The van der Waals surface area contributed by atoms with E-state index in [9.17, 15) is 5.26 Å². The summed E-state index contributed by atoms with van der Waals surface area (Å²) >= 11 is 1.68. The second kappa shape index (κ2) is 5.63. The minimum Gasteiger partial charge on any atom is -0.301 e. The molecule has 0 aromatic carbocycles. The Kier molecular flexibility index (Phi) is 4.16. The molecule has 0 saturated carbocycles. The summed E-state index contributed by atoms with van der Waals surface area (Å²) < 4.78 is 0. The largest absolute Gasteiger partial charge is 0.301 e. The van der Waals surface area contributed by atoms with Gasteiger partial charge in [0.25, 0.3) is 0 Å². The molecular weight excluding hydrogens is 230 g/mol. The Bertz CT molecular complexity index is 382. The highest BCUT2D eigenvalue weighted by Gasteiger charge is 2.30. The number of hydrogen-bond acceptors (Lipinski definition) is 4. The van der Waals surface area contributed by atoms with Crippen molar-refractivity contribution in [3.63, 3.8) is 0 Å². The van der Waals surface area contributed by atoms with Crippen molar-refractivity contribution in [2.45, 2.75) is 25.9 Å². The molecule has 92 valence electrons. The van der Waals surface area contributed by atoms with Crippen molar-refractivity contribution in [1.29, 1.82) is 5.26 Å². The predicted molar refractivity (Wildman–Crippen MR) is 71.0 cm³/mol. The van der Waals surface area contributed by atoms with Crippen molar-refractivity contribution >= 4 is 11.3 Å². The van der Waals surface area contributed by atoms with Crippen molar-refractivity contribution < 1.29 is 0 Å². The molecule has 4 heteroatoms. The van der Waals surface area contributed by atoms with Gasteiger partial charge in [-0.15, -0.1) is 11.3 Å². The first-order valence-corrected chi connectivity index (χ1v) is 7.05. The normalized spacial score (nSPS) is 24.4. The Morgan fingerprint density at radius 1 is 1.59 bits per heavy atom. The van der Waals surface area contributed by atoms with E-state index in [1.807, 2.05) is 11.4 Å². The summed E-state index contributed by atoms with van der Waals surface area (Å²) in [4.78, 5) is 5.95. The highest BCUT2D eigenvalue weighted by molar-refractivity contribution is 7.10. The molecular formula is C13H19N3S. The third kappa shape index (κ3) is 2.68. The van der Waals surface area contributed by atoms with Crippen molar-refractivity contribution in [2.24, 2.45) is 0 Å². The second-order valence-corrected chi connectivity index (χ2v) is 5.51. The third-order valence-electron chi connectivity index (χ3n) is 3.48. The number of likely N-dealkylation sites (N-methyl/N-ethyl adjacent to an activating group) is 1. The van der Waals surface area contributed by atoms with E-state index in [0.29, 0.717) is 6.04 Å². The van der Waals surface area contributed by atoms with E-state index in [1.54, 1.807) is 11.3 Å². The summed E-state index contributed by atoms with van der Waals surface area (Å²) in [5.74, 6) is 0. The third-order valence-corrected chi connectivity index (χ3v) is 4.40. The zero-order valence-corrected chi connectivity index (χ0v) is 11.3. The predicted octanol–water partition coefficient (Wildman–Crippen LogP) is 2.34. The maximum absolute atomic E-state index is 9.39. The van der Waals surface area contributed by atoms with Crippen LogP contribution in [0.1, 0.15) is 24.8 Å². The van der Waals surface area contributed by atoms with E-state index in [2.05, 4.69) is 35.8 Å². The first-order valence-electron chi connectivity index (χ1n) is 6.17. The van der Waals surface area contributed by atoms with Crippen molar-refractivity contribution in [2.75, 3.05) is 26.2 Å². The van der Waals surface area contributed by atoms with Gasteiger partial charge < -0.3 is 4.90 Å². The van der Waals surface area contributed by atoms with Gasteiger partial charge in [0.1, 0.15) is 6.04 Å². The molecule has 0 N–H and O–H groups in total. The topological polar surface area (TPSA) is 30.3 Å². The van der Waals surface area contributed by atoms with Crippen molar-refractivity contribution in [3.8, 4) is 6.07 Å². The summed E-state index contributed by atoms with van der Waals surface area (Å²) in [7, 11) is 0. The van der Waals surface area contributed by atoms with Gasteiger partial charge >= 0.3 is 0 Å². The Labute approximate surface area is 107 Å². The van der Waals surface area contributed by atoms with Gasteiger partial charge in [0.05, 0.1) is 6.07 Å². The quantitative estimate of drug-likeness (QED) is 0.823. The Morgan fingerprint density at radius 3 is 2.94 bits per heavy atom. The molecule has 1 aliphatic heterocycles. The van der Waals surface area contributed by atoms with Crippen LogP contribution in [0.25, 0.3) is 0 Å². The van der Waals surface area contributed by atoms with Crippen LogP contribution in [0.3, 0.4) is 0 Å². The van der Waals surface area contributed by atoms with Gasteiger partial charge in [0.2, 0.25) is 0 Å². The lowest BCUT2D eigenvalue weighted by Gasteiger charge is -2.41. The first kappa shape index (κ1) is 12.6. The molecule has 17 heavy (non-hydrogen) atoms. The average Bonchev–Trinajstić information content (AvgIpc) is 2.85. The average molecular weight is 249 g/mol. The minimum atomic E-state index is -0.0657. The molecule has 1 aromatic rings. The smallest absolute Gasteiger partial charge is 0.133 e. The summed E-state index contributed by atoms with van der Waals surface area (Å²) in [6.07, 6.45) is 0. The van der Waals surface area contributed by atoms with Crippen molar-refractivity contribution in [3.05, 3.63) is 22.4 Å². The fourth-order valence-corrected chi connectivity index (χ4v) is 3.25. The van der Waals surface area contributed by atoms with Crippen LogP contribution in [-0.2, 0) is 0 Å². The SMILES string of the molecule is CCN1CCN(C(C#N)c2cccs2)C(C)C1. The zero-order valence-electron chi connectivity index (χ0n) is 10.5. The van der Waals surface area contributed by atoms with Crippen LogP contribution in [0.4, 0.5) is 0 Å². The number of piperazine rings is 1. The molecule has 1 aliphatic rings. The standard InChI is InChI=1S/C13H19N3S/c1-3-15-6-7-16(11(2)10-15)12(9-14)13-5-4-8-17-13/h4-5,8,11-12H,3,6-7,10H2,1-2H3. The van der Waals surface area contributed by atoms with Gasteiger partial charge in [0.15, 0.2) is 0 Å². The maximum atomic E-state index is 9.39. The number of nitrogens with zero attached hydrogens (tertiary/aromatic N) is 3. The molecule has 1 fully saturated rings. The maximum Gasteiger partial charge on any atom is 0.133 e.